The van der Waals surface area contributed by atoms with Crippen molar-refractivity contribution in [3.8, 4) is 0 Å². The van der Waals surface area contributed by atoms with Gasteiger partial charge >= 0.3 is 0 Å². The average molecular weight is 223 g/mol. The summed E-state index contributed by atoms with van der Waals surface area (Å²) in [6, 6.07) is 0.00462. The average Bonchev–Trinajstić information content (AvgIpc) is 2.20. The Kier molecular flexibility index (Phi) is 11.4. The van der Waals surface area contributed by atoms with Crippen LogP contribution in [0.3, 0.4) is 0 Å². The van der Waals surface area contributed by atoms with Crippen molar-refractivity contribution in [1.82, 2.24) is 0 Å². The second kappa shape index (κ2) is 11.3. The maximum absolute atomic E-state index is 8.54. The van der Waals surface area contributed by atoms with Gasteiger partial charge < -0.3 is 20.7 Å². The molecule has 0 rings (SSSR count). The van der Waals surface area contributed by atoms with Crippen LogP contribution in [-0.2, 0) is 4.74 Å². The fourth-order valence-corrected chi connectivity index (χ4v) is 1.95. The Labute approximate surface area is 89.8 Å². The van der Waals surface area contributed by atoms with Crippen LogP contribution in [0.1, 0.15) is 19.3 Å². The molecule has 0 aromatic carbocycles. The molecule has 0 saturated carbocycles. The van der Waals surface area contributed by atoms with E-state index in [9.17, 15) is 0 Å². The Bertz CT molecular complexity index is 116. The summed E-state index contributed by atoms with van der Waals surface area (Å²) in [6.07, 6.45) is 3.09. The van der Waals surface area contributed by atoms with Crippen molar-refractivity contribution < 1.29 is 14.9 Å². The number of unbranched alkanes of at least 4 members (excludes halogenated alkanes) is 2. The standard InChI is InChI=1S/C9H21NO3S/c10-9(6-13-8-12)7-14-5-3-1-2-4-11/h9,11-12H,1-8,10H2/t9-/m1/s1. The third kappa shape index (κ3) is 10.3. The third-order valence-electron chi connectivity index (χ3n) is 1.70. The molecule has 0 aromatic rings. The molecule has 5 heteroatoms. The highest BCUT2D eigenvalue weighted by Crippen LogP contribution is 2.07. The molecule has 0 bridgehead atoms. The van der Waals surface area contributed by atoms with Crippen molar-refractivity contribution >= 4 is 11.8 Å². The van der Waals surface area contributed by atoms with Crippen LogP contribution >= 0.6 is 11.8 Å². The van der Waals surface area contributed by atoms with E-state index < -0.39 is 0 Å². The first-order chi connectivity index (χ1) is 6.81. The molecule has 0 saturated heterocycles. The highest BCUT2D eigenvalue weighted by Gasteiger charge is 2.01. The minimum absolute atomic E-state index is 0.00462. The number of ether oxygens (including phenoxy) is 1. The molecule has 86 valence electrons. The van der Waals surface area contributed by atoms with E-state index in [0.29, 0.717) is 6.61 Å². The molecule has 0 amide bonds. The number of thioether (sulfide) groups is 1. The SMILES string of the molecule is N[C@H](COCO)CSCCCCCO. The van der Waals surface area contributed by atoms with Crippen molar-refractivity contribution in [3.05, 3.63) is 0 Å². The summed E-state index contributed by atoms with van der Waals surface area (Å²) in [6.45, 7) is 0.448. The van der Waals surface area contributed by atoms with Crippen LogP contribution in [0.5, 0.6) is 0 Å². The number of rotatable bonds is 10. The predicted molar refractivity (Wildman–Crippen MR) is 59.3 cm³/mol. The van der Waals surface area contributed by atoms with Crippen molar-refractivity contribution in [3.63, 3.8) is 0 Å². The fraction of sp³-hybridized carbons (Fsp3) is 1.00. The van der Waals surface area contributed by atoms with Gasteiger partial charge in [-0.2, -0.15) is 11.8 Å². The molecule has 4 N–H and O–H groups in total. The maximum atomic E-state index is 8.54. The van der Waals surface area contributed by atoms with E-state index in [0.717, 1.165) is 30.8 Å². The van der Waals surface area contributed by atoms with Gasteiger partial charge in [0.15, 0.2) is 0 Å². The van der Waals surface area contributed by atoms with Gasteiger partial charge in [-0.3, -0.25) is 0 Å². The van der Waals surface area contributed by atoms with Gasteiger partial charge in [0.25, 0.3) is 0 Å². The molecule has 0 unspecified atom stereocenters. The molecule has 4 nitrogen and oxygen atoms in total. The molecule has 0 aliphatic carbocycles. The van der Waals surface area contributed by atoms with E-state index in [2.05, 4.69) is 0 Å². The molecule has 0 aromatic heterocycles. The van der Waals surface area contributed by atoms with Gasteiger partial charge in [0.2, 0.25) is 0 Å². The van der Waals surface area contributed by atoms with Crippen LogP contribution in [0.15, 0.2) is 0 Å². The topological polar surface area (TPSA) is 75.7 Å². The van der Waals surface area contributed by atoms with E-state index in [1.165, 1.54) is 0 Å². The minimum Gasteiger partial charge on any atom is -0.396 e. The van der Waals surface area contributed by atoms with E-state index >= 15 is 0 Å². The summed E-state index contributed by atoms with van der Waals surface area (Å²) in [5.74, 6) is 1.94. The van der Waals surface area contributed by atoms with Crippen molar-refractivity contribution in [2.24, 2.45) is 5.73 Å². The Balaban J connectivity index is 3.02. The van der Waals surface area contributed by atoms with Crippen LogP contribution in [-0.4, -0.2) is 47.8 Å². The highest BCUT2D eigenvalue weighted by atomic mass is 32.2. The second-order valence-electron chi connectivity index (χ2n) is 3.12. The fourth-order valence-electron chi connectivity index (χ4n) is 0.980. The first kappa shape index (κ1) is 14.2. The highest BCUT2D eigenvalue weighted by molar-refractivity contribution is 7.99. The van der Waals surface area contributed by atoms with E-state index in [4.69, 9.17) is 20.7 Å². The van der Waals surface area contributed by atoms with Crippen LogP contribution in [0.2, 0.25) is 0 Å². The molecule has 1 atom stereocenters. The van der Waals surface area contributed by atoms with Gasteiger partial charge in [-0.1, -0.05) is 6.42 Å². The Hall–Kier alpha value is 0.190. The van der Waals surface area contributed by atoms with Gasteiger partial charge in [-0.15, -0.1) is 0 Å². The lowest BCUT2D eigenvalue weighted by atomic mass is 10.3. The molecule has 0 spiro atoms. The number of aliphatic hydroxyl groups is 2. The smallest absolute Gasteiger partial charge is 0.143 e. The zero-order valence-corrected chi connectivity index (χ0v) is 9.34. The van der Waals surface area contributed by atoms with Crippen LogP contribution < -0.4 is 5.73 Å². The van der Waals surface area contributed by atoms with E-state index in [-0.39, 0.29) is 19.4 Å². The summed E-state index contributed by atoms with van der Waals surface area (Å²) in [4.78, 5) is 0. The van der Waals surface area contributed by atoms with Gasteiger partial charge in [-0.05, 0) is 18.6 Å². The number of nitrogens with two attached hydrogens (primary N) is 1. The summed E-state index contributed by atoms with van der Waals surface area (Å²) in [5, 5.41) is 16.9. The lowest BCUT2D eigenvalue weighted by molar-refractivity contribution is -0.00509. The number of aliphatic hydroxyl groups excluding tert-OH is 2. The monoisotopic (exact) mass is 223 g/mol. The van der Waals surface area contributed by atoms with Crippen molar-refractivity contribution in [2.75, 3.05) is 31.5 Å². The van der Waals surface area contributed by atoms with Gasteiger partial charge in [0, 0.05) is 18.4 Å². The summed E-state index contributed by atoms with van der Waals surface area (Å²) >= 11 is 1.79. The van der Waals surface area contributed by atoms with Crippen LogP contribution in [0, 0.1) is 0 Å². The molecule has 0 fully saturated rings. The van der Waals surface area contributed by atoms with Crippen LogP contribution in [0.4, 0.5) is 0 Å². The zero-order valence-electron chi connectivity index (χ0n) is 8.52. The summed E-state index contributed by atoms with van der Waals surface area (Å²) in [5.41, 5.74) is 5.70. The molecule has 0 radical (unpaired) electrons. The molecule has 0 heterocycles. The second-order valence-corrected chi connectivity index (χ2v) is 4.27. The normalized spacial score (nSPS) is 13.1. The zero-order chi connectivity index (χ0) is 10.6. The Morgan fingerprint density at radius 1 is 1.21 bits per heavy atom. The summed E-state index contributed by atoms with van der Waals surface area (Å²) < 4.78 is 4.78. The number of hydrogen-bond donors (Lipinski definition) is 3. The first-order valence-electron chi connectivity index (χ1n) is 4.94. The largest absolute Gasteiger partial charge is 0.396 e. The Morgan fingerprint density at radius 2 is 2.00 bits per heavy atom. The number of hydrogen-bond acceptors (Lipinski definition) is 5. The van der Waals surface area contributed by atoms with Gasteiger partial charge in [0.05, 0.1) is 6.61 Å². The van der Waals surface area contributed by atoms with E-state index in [1.54, 1.807) is 11.8 Å². The van der Waals surface area contributed by atoms with Crippen LogP contribution in [0.25, 0.3) is 0 Å². The van der Waals surface area contributed by atoms with Gasteiger partial charge in [-0.25, -0.2) is 0 Å². The molecular formula is C9H21NO3S. The maximum Gasteiger partial charge on any atom is 0.143 e. The Morgan fingerprint density at radius 3 is 2.64 bits per heavy atom. The van der Waals surface area contributed by atoms with Crippen molar-refractivity contribution in [1.29, 1.82) is 0 Å². The first-order valence-corrected chi connectivity index (χ1v) is 6.09. The lowest BCUT2D eigenvalue weighted by Gasteiger charge is -2.10. The van der Waals surface area contributed by atoms with Gasteiger partial charge in [0.1, 0.15) is 6.79 Å². The molecule has 0 aliphatic heterocycles. The molecular weight excluding hydrogens is 202 g/mol. The quantitative estimate of drug-likeness (QED) is 0.364. The lowest BCUT2D eigenvalue weighted by Crippen LogP contribution is -2.29. The predicted octanol–water partition coefficient (Wildman–Crippen LogP) is 0.176. The summed E-state index contributed by atoms with van der Waals surface area (Å²) in [7, 11) is 0. The van der Waals surface area contributed by atoms with E-state index in [1.807, 2.05) is 0 Å². The third-order valence-corrected chi connectivity index (χ3v) is 2.94. The minimum atomic E-state index is -0.255. The molecule has 0 aliphatic rings. The molecule has 14 heavy (non-hydrogen) atoms. The van der Waals surface area contributed by atoms with Crippen molar-refractivity contribution in [2.45, 2.75) is 25.3 Å².